The van der Waals surface area contributed by atoms with Crippen LogP contribution in [0, 0.1) is 0 Å². The van der Waals surface area contributed by atoms with E-state index in [0.29, 0.717) is 23.2 Å². The van der Waals surface area contributed by atoms with Crippen molar-refractivity contribution in [2.45, 2.75) is 32.2 Å². The predicted octanol–water partition coefficient (Wildman–Crippen LogP) is 6.14. The molecule has 0 fully saturated rings. The van der Waals surface area contributed by atoms with E-state index in [9.17, 15) is 19.2 Å². The summed E-state index contributed by atoms with van der Waals surface area (Å²) in [4.78, 5) is 48.3. The molecule has 1 amide bonds. The van der Waals surface area contributed by atoms with Gasteiger partial charge in [-0.05, 0) is 54.8 Å². The first kappa shape index (κ1) is 28.0. The van der Waals surface area contributed by atoms with Crippen molar-refractivity contribution in [2.24, 2.45) is 0 Å². The maximum atomic E-state index is 12.4. The van der Waals surface area contributed by atoms with E-state index >= 15 is 0 Å². The first-order valence-electron chi connectivity index (χ1n) is 12.8. The monoisotopic (exact) mass is 535 g/mol. The molecular weight excluding hydrogens is 506 g/mol. The number of ketones is 1. The van der Waals surface area contributed by atoms with Crippen LogP contribution >= 0.6 is 0 Å². The van der Waals surface area contributed by atoms with E-state index in [1.165, 1.54) is 0 Å². The maximum absolute atomic E-state index is 12.4. The third-order valence-corrected chi connectivity index (χ3v) is 6.95. The molecule has 0 bridgehead atoms. The van der Waals surface area contributed by atoms with Crippen molar-refractivity contribution in [3.05, 3.63) is 137 Å². The number of nitrogens with zero attached hydrogens (tertiary/aromatic N) is 1. The summed E-state index contributed by atoms with van der Waals surface area (Å²) >= 11 is 0. The SMILES string of the molecule is CC(C(=O)O)c1ccc(N2Cc3ccccc3C2=O)cc1.CC(C(=O)O)c1cccc(C(=O)c2ccccc2)c1. The fraction of sp³-hybridized carbons (Fsp3) is 0.152. The molecule has 1 heterocycles. The van der Waals surface area contributed by atoms with Gasteiger partial charge in [-0.3, -0.25) is 19.2 Å². The number of fused-ring (bicyclic) bond motifs is 1. The number of carbonyl (C=O) groups is 4. The fourth-order valence-corrected chi connectivity index (χ4v) is 4.40. The van der Waals surface area contributed by atoms with Crippen LogP contribution in [0.2, 0.25) is 0 Å². The highest BCUT2D eigenvalue weighted by Crippen LogP contribution is 2.29. The Morgan fingerprint density at radius 1 is 0.675 bits per heavy atom. The van der Waals surface area contributed by atoms with Crippen LogP contribution in [0.25, 0.3) is 0 Å². The molecular formula is C33H29NO6. The van der Waals surface area contributed by atoms with Gasteiger partial charge in [-0.1, -0.05) is 78.9 Å². The summed E-state index contributed by atoms with van der Waals surface area (Å²) in [6.07, 6.45) is 0. The Kier molecular flexibility index (Phi) is 8.54. The van der Waals surface area contributed by atoms with Crippen molar-refractivity contribution in [1.82, 2.24) is 0 Å². The minimum absolute atomic E-state index is 0.00960. The van der Waals surface area contributed by atoms with Gasteiger partial charge in [0.25, 0.3) is 5.91 Å². The highest BCUT2D eigenvalue weighted by molar-refractivity contribution is 6.10. The Balaban J connectivity index is 0.000000186. The number of benzene rings is 4. The van der Waals surface area contributed by atoms with Crippen LogP contribution in [0.15, 0.2) is 103 Å². The molecule has 7 nitrogen and oxygen atoms in total. The molecule has 2 N–H and O–H groups in total. The number of anilines is 1. The zero-order valence-electron chi connectivity index (χ0n) is 22.2. The Hall–Kier alpha value is -5.04. The van der Waals surface area contributed by atoms with Gasteiger partial charge in [0.05, 0.1) is 18.4 Å². The molecule has 0 aliphatic carbocycles. The van der Waals surface area contributed by atoms with Gasteiger partial charge in [0.2, 0.25) is 0 Å². The van der Waals surface area contributed by atoms with Gasteiger partial charge in [0.1, 0.15) is 0 Å². The van der Waals surface area contributed by atoms with E-state index in [4.69, 9.17) is 10.2 Å². The number of carboxylic acid groups (broad SMARTS) is 2. The molecule has 0 saturated carbocycles. The van der Waals surface area contributed by atoms with Crippen LogP contribution in [0.5, 0.6) is 0 Å². The second-order valence-corrected chi connectivity index (χ2v) is 9.58. The quantitative estimate of drug-likeness (QED) is 0.275. The lowest BCUT2D eigenvalue weighted by Gasteiger charge is -2.16. The molecule has 0 saturated heterocycles. The average Bonchev–Trinajstić information content (AvgIpc) is 3.33. The topological polar surface area (TPSA) is 112 Å². The normalized spacial score (nSPS) is 13.4. The molecule has 7 heteroatoms. The maximum Gasteiger partial charge on any atom is 0.310 e. The fourth-order valence-electron chi connectivity index (χ4n) is 4.40. The number of rotatable bonds is 7. The van der Waals surface area contributed by atoms with Gasteiger partial charge >= 0.3 is 11.9 Å². The molecule has 1 aliphatic rings. The van der Waals surface area contributed by atoms with E-state index in [1.54, 1.807) is 91.5 Å². The van der Waals surface area contributed by atoms with Crippen LogP contribution < -0.4 is 4.90 Å². The Morgan fingerprint density at radius 3 is 1.88 bits per heavy atom. The van der Waals surface area contributed by atoms with Gasteiger partial charge < -0.3 is 15.1 Å². The molecule has 40 heavy (non-hydrogen) atoms. The molecule has 4 aromatic carbocycles. The molecule has 4 aromatic rings. The van der Waals surface area contributed by atoms with Crippen LogP contribution in [0.4, 0.5) is 5.69 Å². The van der Waals surface area contributed by atoms with Crippen molar-refractivity contribution in [3.8, 4) is 0 Å². The highest BCUT2D eigenvalue weighted by atomic mass is 16.4. The molecule has 0 aromatic heterocycles. The number of carboxylic acids is 2. The summed E-state index contributed by atoms with van der Waals surface area (Å²) in [6.45, 7) is 3.81. The minimum Gasteiger partial charge on any atom is -0.481 e. The van der Waals surface area contributed by atoms with Crippen molar-refractivity contribution < 1.29 is 29.4 Å². The largest absolute Gasteiger partial charge is 0.481 e. The van der Waals surface area contributed by atoms with Gasteiger partial charge in [0.15, 0.2) is 5.78 Å². The summed E-state index contributed by atoms with van der Waals surface area (Å²) in [6, 6.07) is 30.4. The standard InChI is InChI=1S/C17H15NO3.C16H14O3/c1-11(17(20)21)12-6-8-14(9-7-12)18-10-13-4-2-3-5-15(13)16(18)19;1-11(16(18)19)13-8-5-9-14(10-13)15(17)12-6-3-2-4-7-12/h2-9,11H,10H2,1H3,(H,20,21);2-11H,1H3,(H,18,19). The van der Waals surface area contributed by atoms with E-state index in [0.717, 1.165) is 22.4 Å². The number of aliphatic carboxylic acids is 2. The lowest BCUT2D eigenvalue weighted by molar-refractivity contribution is -0.139. The second kappa shape index (κ2) is 12.2. The van der Waals surface area contributed by atoms with E-state index in [2.05, 4.69) is 0 Å². The van der Waals surface area contributed by atoms with Crippen molar-refractivity contribution in [3.63, 3.8) is 0 Å². The lowest BCUT2D eigenvalue weighted by Crippen LogP contribution is -2.23. The average molecular weight is 536 g/mol. The molecule has 2 atom stereocenters. The van der Waals surface area contributed by atoms with Crippen LogP contribution in [-0.4, -0.2) is 33.8 Å². The minimum atomic E-state index is -0.899. The van der Waals surface area contributed by atoms with Crippen molar-refractivity contribution >= 4 is 29.3 Å². The van der Waals surface area contributed by atoms with Crippen LogP contribution in [-0.2, 0) is 16.1 Å². The molecule has 0 radical (unpaired) electrons. The Labute approximate surface area is 232 Å². The number of amides is 1. The summed E-state index contributed by atoms with van der Waals surface area (Å²) in [5, 5.41) is 18.0. The third kappa shape index (κ3) is 6.15. The number of hydrogen-bond acceptors (Lipinski definition) is 4. The smallest absolute Gasteiger partial charge is 0.310 e. The predicted molar refractivity (Wildman–Crippen MR) is 152 cm³/mol. The summed E-state index contributed by atoms with van der Waals surface area (Å²) in [5.41, 5.74) is 5.02. The zero-order chi connectivity index (χ0) is 28.8. The molecule has 5 rings (SSSR count). The van der Waals surface area contributed by atoms with E-state index < -0.39 is 23.8 Å². The number of hydrogen-bond donors (Lipinski definition) is 2. The molecule has 202 valence electrons. The summed E-state index contributed by atoms with van der Waals surface area (Å²) < 4.78 is 0. The molecule has 2 unspecified atom stereocenters. The van der Waals surface area contributed by atoms with Gasteiger partial charge in [-0.2, -0.15) is 0 Å². The van der Waals surface area contributed by atoms with Gasteiger partial charge in [-0.15, -0.1) is 0 Å². The Bertz CT molecular complexity index is 1540. The van der Waals surface area contributed by atoms with Crippen LogP contribution in [0.1, 0.15) is 68.7 Å². The lowest BCUT2D eigenvalue weighted by atomic mass is 9.96. The second-order valence-electron chi connectivity index (χ2n) is 9.58. The van der Waals surface area contributed by atoms with Crippen molar-refractivity contribution in [2.75, 3.05) is 4.90 Å². The third-order valence-electron chi connectivity index (χ3n) is 6.95. The van der Waals surface area contributed by atoms with Crippen LogP contribution in [0.3, 0.4) is 0 Å². The van der Waals surface area contributed by atoms with E-state index in [-0.39, 0.29) is 11.7 Å². The summed E-state index contributed by atoms with van der Waals surface area (Å²) in [5.74, 6) is -3.03. The van der Waals surface area contributed by atoms with E-state index in [1.807, 2.05) is 30.3 Å². The molecule has 1 aliphatic heterocycles. The number of carbonyl (C=O) groups excluding carboxylic acids is 2. The van der Waals surface area contributed by atoms with Crippen molar-refractivity contribution in [1.29, 1.82) is 0 Å². The highest BCUT2D eigenvalue weighted by Gasteiger charge is 2.28. The van der Waals surface area contributed by atoms with Gasteiger partial charge in [-0.25, -0.2) is 0 Å². The first-order valence-corrected chi connectivity index (χ1v) is 12.8. The first-order chi connectivity index (χ1) is 19.2. The zero-order valence-corrected chi connectivity index (χ0v) is 22.2. The van der Waals surface area contributed by atoms with Gasteiger partial charge in [0, 0.05) is 22.4 Å². The molecule has 0 spiro atoms. The summed E-state index contributed by atoms with van der Waals surface area (Å²) in [7, 11) is 0. The Morgan fingerprint density at radius 2 is 1.25 bits per heavy atom.